The second kappa shape index (κ2) is 10.5. The van der Waals surface area contributed by atoms with Crippen LogP contribution < -0.4 is 9.91 Å². The number of carbonyl (C=O) groups excluding carboxylic acids is 1. The van der Waals surface area contributed by atoms with Crippen LogP contribution in [0.3, 0.4) is 0 Å². The average molecular weight is 529 g/mol. The van der Waals surface area contributed by atoms with Gasteiger partial charge in [0.05, 0.1) is 22.7 Å². The molecule has 0 fully saturated rings. The molecule has 4 aromatic carbocycles. The lowest BCUT2D eigenvalue weighted by molar-refractivity contribution is -0.114. The Morgan fingerprint density at radius 2 is 1.62 bits per heavy atom. The van der Waals surface area contributed by atoms with Crippen molar-refractivity contribution in [1.82, 2.24) is 0 Å². The van der Waals surface area contributed by atoms with Gasteiger partial charge in [-0.25, -0.2) is 0 Å². The molecule has 0 saturated heterocycles. The Bertz CT molecular complexity index is 1670. The molecule has 0 atom stereocenters. The Kier molecular flexibility index (Phi) is 6.62. The highest BCUT2D eigenvalue weighted by atomic mass is 16.3. The summed E-state index contributed by atoms with van der Waals surface area (Å²) in [4.78, 5) is 19.9. The Hall–Kier alpha value is -5.17. The molecule has 7 nitrogen and oxygen atoms in total. The first-order chi connectivity index (χ1) is 19.5. The number of hydrogen-bond acceptors (Lipinski definition) is 6. The Morgan fingerprint density at radius 1 is 0.850 bits per heavy atom. The number of phenols is 2. The lowest BCUT2D eigenvalue weighted by atomic mass is 9.97. The van der Waals surface area contributed by atoms with E-state index in [0.29, 0.717) is 16.8 Å². The zero-order valence-electron chi connectivity index (χ0n) is 22.0. The van der Waals surface area contributed by atoms with Crippen molar-refractivity contribution in [3.05, 3.63) is 113 Å². The van der Waals surface area contributed by atoms with Crippen LogP contribution in [-0.4, -0.2) is 34.6 Å². The van der Waals surface area contributed by atoms with E-state index in [2.05, 4.69) is 45.3 Å². The van der Waals surface area contributed by atoms with Gasteiger partial charge in [0, 0.05) is 24.1 Å². The van der Waals surface area contributed by atoms with E-state index in [1.807, 2.05) is 55.5 Å². The maximum atomic E-state index is 13.1. The monoisotopic (exact) mass is 528 g/mol. The summed E-state index contributed by atoms with van der Waals surface area (Å²) < 4.78 is 0. The average Bonchev–Trinajstić information content (AvgIpc) is 3.26. The lowest BCUT2D eigenvalue weighted by Crippen LogP contribution is -2.24. The minimum atomic E-state index is -0.172. The summed E-state index contributed by atoms with van der Waals surface area (Å²) in [6, 6.07) is 28.5. The number of benzene rings is 4. The zero-order chi connectivity index (χ0) is 27.6. The Labute approximate surface area is 232 Å². The van der Waals surface area contributed by atoms with Crippen molar-refractivity contribution in [1.29, 1.82) is 0 Å². The SMILES string of the molecule is CC1=NN(c2ccccc2)C(=O)/C1=C\c1ccc2c(c1)CCCN2c1ccc(N=Cc2ccc(O)c(O)c2)cc1. The first-order valence-corrected chi connectivity index (χ1v) is 13.2. The highest BCUT2D eigenvalue weighted by molar-refractivity contribution is 6.32. The molecule has 0 aliphatic carbocycles. The number of hydrogen-bond donors (Lipinski definition) is 2. The van der Waals surface area contributed by atoms with Crippen molar-refractivity contribution in [3.63, 3.8) is 0 Å². The van der Waals surface area contributed by atoms with E-state index in [4.69, 9.17) is 0 Å². The minimum Gasteiger partial charge on any atom is -0.504 e. The summed E-state index contributed by atoms with van der Waals surface area (Å²) in [6.45, 7) is 2.79. The maximum Gasteiger partial charge on any atom is 0.280 e. The highest BCUT2D eigenvalue weighted by Gasteiger charge is 2.28. The summed E-state index contributed by atoms with van der Waals surface area (Å²) >= 11 is 0. The van der Waals surface area contributed by atoms with Crippen LogP contribution >= 0.6 is 0 Å². The fraction of sp³-hybridized carbons (Fsp3) is 0.121. The molecule has 0 unspecified atom stereocenters. The predicted octanol–water partition coefficient (Wildman–Crippen LogP) is 6.74. The van der Waals surface area contributed by atoms with Gasteiger partial charge >= 0.3 is 0 Å². The number of hydrazone groups is 1. The topological polar surface area (TPSA) is 88.7 Å². The van der Waals surface area contributed by atoms with E-state index in [9.17, 15) is 15.0 Å². The molecule has 2 N–H and O–H groups in total. The number of anilines is 3. The molecule has 2 heterocycles. The van der Waals surface area contributed by atoms with Gasteiger partial charge in [-0.1, -0.05) is 24.3 Å². The van der Waals surface area contributed by atoms with Crippen molar-refractivity contribution < 1.29 is 15.0 Å². The molecule has 1 amide bonds. The van der Waals surface area contributed by atoms with Crippen LogP contribution in [0.1, 0.15) is 30.0 Å². The highest BCUT2D eigenvalue weighted by Crippen LogP contribution is 2.36. The second-order valence-electron chi connectivity index (χ2n) is 9.86. The van der Waals surface area contributed by atoms with E-state index in [1.54, 1.807) is 12.3 Å². The number of amides is 1. The van der Waals surface area contributed by atoms with Crippen LogP contribution in [0.15, 0.2) is 107 Å². The molecule has 4 aromatic rings. The molecule has 198 valence electrons. The number of carbonyl (C=O) groups is 1. The number of aromatic hydroxyl groups is 2. The molecular formula is C33H28N4O3. The molecule has 0 bridgehead atoms. The van der Waals surface area contributed by atoms with Gasteiger partial charge in [-0.3, -0.25) is 9.79 Å². The van der Waals surface area contributed by atoms with E-state index >= 15 is 0 Å². The minimum absolute atomic E-state index is 0.118. The molecule has 2 aliphatic heterocycles. The number of fused-ring (bicyclic) bond motifs is 1. The normalized spacial score (nSPS) is 16.1. The van der Waals surface area contributed by atoms with Crippen LogP contribution in [0.4, 0.5) is 22.7 Å². The lowest BCUT2D eigenvalue weighted by Gasteiger charge is -2.31. The summed E-state index contributed by atoms with van der Waals surface area (Å²) in [7, 11) is 0. The van der Waals surface area contributed by atoms with Crippen molar-refractivity contribution in [3.8, 4) is 11.5 Å². The molecule has 0 saturated carbocycles. The molecule has 2 aliphatic rings. The van der Waals surface area contributed by atoms with Gasteiger partial charge in [0.15, 0.2) is 11.5 Å². The van der Waals surface area contributed by atoms with Crippen LogP contribution in [0.25, 0.3) is 6.08 Å². The second-order valence-corrected chi connectivity index (χ2v) is 9.86. The van der Waals surface area contributed by atoms with Gasteiger partial charge in [0.1, 0.15) is 0 Å². The van der Waals surface area contributed by atoms with Crippen LogP contribution in [0, 0.1) is 0 Å². The van der Waals surface area contributed by atoms with Crippen LogP contribution in [-0.2, 0) is 11.2 Å². The first-order valence-electron chi connectivity index (χ1n) is 13.2. The van der Waals surface area contributed by atoms with Gasteiger partial charge in [0.2, 0.25) is 0 Å². The summed E-state index contributed by atoms with van der Waals surface area (Å²) in [6.07, 6.45) is 5.59. The summed E-state index contributed by atoms with van der Waals surface area (Å²) in [5.74, 6) is -0.444. The Balaban J connectivity index is 1.20. The van der Waals surface area contributed by atoms with E-state index < -0.39 is 0 Å². The summed E-state index contributed by atoms with van der Waals surface area (Å²) in [5.41, 5.74) is 8.04. The molecule has 40 heavy (non-hydrogen) atoms. The molecular weight excluding hydrogens is 500 g/mol. The third-order valence-electron chi connectivity index (χ3n) is 7.12. The molecule has 0 radical (unpaired) electrons. The van der Waals surface area contributed by atoms with Crippen molar-refractivity contribution >= 4 is 46.7 Å². The fourth-order valence-electron chi connectivity index (χ4n) is 5.06. The molecule has 0 spiro atoms. The molecule has 7 heteroatoms. The predicted molar refractivity (Wildman–Crippen MR) is 160 cm³/mol. The number of rotatable bonds is 5. The third kappa shape index (κ3) is 4.97. The van der Waals surface area contributed by atoms with E-state index in [-0.39, 0.29) is 17.4 Å². The van der Waals surface area contributed by atoms with Crippen molar-refractivity contribution in [2.24, 2.45) is 10.1 Å². The number of phenolic OH excluding ortho intramolecular Hbond substituents is 2. The van der Waals surface area contributed by atoms with Gasteiger partial charge in [0.25, 0.3) is 5.91 Å². The number of aliphatic imine (C=N–C) groups is 1. The smallest absolute Gasteiger partial charge is 0.280 e. The largest absolute Gasteiger partial charge is 0.504 e. The first kappa shape index (κ1) is 25.1. The fourth-order valence-corrected chi connectivity index (χ4v) is 5.06. The summed E-state index contributed by atoms with van der Waals surface area (Å²) in [5, 5.41) is 25.1. The van der Waals surface area contributed by atoms with Gasteiger partial charge in [-0.2, -0.15) is 10.1 Å². The van der Waals surface area contributed by atoms with Crippen molar-refractivity contribution in [2.75, 3.05) is 16.5 Å². The molecule has 6 rings (SSSR count). The van der Waals surface area contributed by atoms with Gasteiger partial charge in [-0.05, 0) is 109 Å². The number of nitrogens with zero attached hydrogens (tertiary/aromatic N) is 4. The zero-order valence-corrected chi connectivity index (χ0v) is 22.0. The third-order valence-corrected chi connectivity index (χ3v) is 7.12. The standard InChI is InChI=1S/C33H28N4O3/c1-22-29(33(40)37(35-22)28-7-3-2-4-8-28)19-23-9-15-30-25(18-23)6-5-17-36(30)27-13-11-26(12-14-27)34-21-24-10-16-31(38)32(39)20-24/h2-4,7-16,18-21,38-39H,5-6,17H2,1H3/b29-19-,34-21?. The van der Waals surface area contributed by atoms with Crippen LogP contribution in [0.5, 0.6) is 11.5 Å². The van der Waals surface area contributed by atoms with Gasteiger partial charge < -0.3 is 15.1 Å². The molecule has 0 aromatic heterocycles. The Morgan fingerprint density at radius 3 is 2.40 bits per heavy atom. The maximum absolute atomic E-state index is 13.1. The van der Waals surface area contributed by atoms with Crippen LogP contribution in [0.2, 0.25) is 0 Å². The van der Waals surface area contributed by atoms with E-state index in [1.165, 1.54) is 28.4 Å². The van der Waals surface area contributed by atoms with Gasteiger partial charge in [-0.15, -0.1) is 0 Å². The van der Waals surface area contributed by atoms with E-state index in [0.717, 1.165) is 42.0 Å². The number of aryl methyl sites for hydroxylation is 1. The quantitative estimate of drug-likeness (QED) is 0.171. The van der Waals surface area contributed by atoms with Crippen molar-refractivity contribution in [2.45, 2.75) is 19.8 Å². The number of para-hydroxylation sites is 1.